The van der Waals surface area contributed by atoms with E-state index in [1.54, 1.807) is 0 Å². The lowest BCUT2D eigenvalue weighted by Crippen LogP contribution is -2.12. The van der Waals surface area contributed by atoms with Crippen LogP contribution in [-0.4, -0.2) is 12.3 Å². The summed E-state index contributed by atoms with van der Waals surface area (Å²) in [5.74, 6) is -0.641. The molecular formula is C11H10F2. The zero-order chi connectivity index (χ0) is 9.00. The zero-order valence-electron chi connectivity index (χ0n) is 7.08. The normalized spacial score (nSPS) is 40.8. The van der Waals surface area contributed by atoms with Crippen LogP contribution in [0.5, 0.6) is 0 Å². The molecule has 0 amide bonds. The maximum absolute atomic E-state index is 13.6. The molecule has 0 aliphatic heterocycles. The van der Waals surface area contributed by atoms with Crippen LogP contribution in [0.4, 0.5) is 8.78 Å². The van der Waals surface area contributed by atoms with Gasteiger partial charge in [0, 0.05) is 11.8 Å². The van der Waals surface area contributed by atoms with Gasteiger partial charge in [0.25, 0.3) is 0 Å². The van der Waals surface area contributed by atoms with Crippen molar-refractivity contribution in [3.05, 3.63) is 35.4 Å². The van der Waals surface area contributed by atoms with E-state index in [2.05, 4.69) is 0 Å². The summed E-state index contributed by atoms with van der Waals surface area (Å²) in [6.45, 7) is 0. The first-order chi connectivity index (χ1) is 6.29. The smallest absolute Gasteiger partial charge is 0.117 e. The molecule has 2 aliphatic rings. The molecule has 0 radical (unpaired) electrons. The van der Waals surface area contributed by atoms with Gasteiger partial charge >= 0.3 is 0 Å². The Bertz CT molecular complexity index is 348. The van der Waals surface area contributed by atoms with Crippen LogP contribution < -0.4 is 0 Å². The van der Waals surface area contributed by atoms with E-state index >= 15 is 0 Å². The highest BCUT2D eigenvalue weighted by molar-refractivity contribution is 5.44. The predicted molar refractivity (Wildman–Crippen MR) is 46.3 cm³/mol. The van der Waals surface area contributed by atoms with Crippen molar-refractivity contribution >= 4 is 0 Å². The number of rotatable bonds is 0. The van der Waals surface area contributed by atoms with Crippen LogP contribution in [0.2, 0.25) is 0 Å². The van der Waals surface area contributed by atoms with Crippen molar-refractivity contribution in [3.63, 3.8) is 0 Å². The molecule has 13 heavy (non-hydrogen) atoms. The van der Waals surface area contributed by atoms with Gasteiger partial charge < -0.3 is 0 Å². The molecule has 0 aromatic heterocycles. The SMILES string of the molecule is F[C@@H]1[C@H]2c3ccccc3[C@@H]1C[C@H]2F. The molecule has 68 valence electrons. The molecule has 2 heteroatoms. The van der Waals surface area contributed by atoms with Crippen molar-refractivity contribution in [2.75, 3.05) is 0 Å². The van der Waals surface area contributed by atoms with Gasteiger partial charge in [0.2, 0.25) is 0 Å². The minimum Gasteiger partial charge on any atom is -0.247 e. The molecule has 0 nitrogen and oxygen atoms in total. The third-order valence-electron chi connectivity index (χ3n) is 3.35. The molecule has 2 bridgehead atoms. The Morgan fingerprint density at radius 1 is 1.08 bits per heavy atom. The van der Waals surface area contributed by atoms with Crippen LogP contribution in [0.1, 0.15) is 29.4 Å². The van der Waals surface area contributed by atoms with E-state index in [4.69, 9.17) is 0 Å². The van der Waals surface area contributed by atoms with Crippen molar-refractivity contribution in [1.29, 1.82) is 0 Å². The maximum atomic E-state index is 13.6. The molecule has 0 saturated heterocycles. The van der Waals surface area contributed by atoms with Gasteiger partial charge in [0.15, 0.2) is 0 Å². The lowest BCUT2D eigenvalue weighted by Gasteiger charge is -2.16. The van der Waals surface area contributed by atoms with Gasteiger partial charge in [0.05, 0.1) is 0 Å². The van der Waals surface area contributed by atoms with Crippen LogP contribution >= 0.6 is 0 Å². The van der Waals surface area contributed by atoms with Crippen LogP contribution in [0.25, 0.3) is 0 Å². The van der Waals surface area contributed by atoms with E-state index in [0.29, 0.717) is 6.42 Å². The third-order valence-corrected chi connectivity index (χ3v) is 3.35. The van der Waals surface area contributed by atoms with Crippen LogP contribution in [0.15, 0.2) is 24.3 Å². The topological polar surface area (TPSA) is 0 Å². The second kappa shape index (κ2) is 2.31. The molecule has 1 aromatic rings. The standard InChI is InChI=1S/C11H10F2/c12-9-5-8-6-3-1-2-4-7(6)10(9)11(8)13/h1-4,8-11H,5H2/t8-,9+,10-,11-/m0/s1. The van der Waals surface area contributed by atoms with Gasteiger partial charge in [-0.1, -0.05) is 24.3 Å². The van der Waals surface area contributed by atoms with Crippen molar-refractivity contribution in [1.82, 2.24) is 0 Å². The van der Waals surface area contributed by atoms with E-state index in [9.17, 15) is 8.78 Å². The average molecular weight is 180 g/mol. The lowest BCUT2D eigenvalue weighted by atomic mass is 9.91. The Morgan fingerprint density at radius 2 is 1.77 bits per heavy atom. The monoisotopic (exact) mass is 180 g/mol. The largest absolute Gasteiger partial charge is 0.247 e. The highest BCUT2D eigenvalue weighted by Crippen LogP contribution is 2.55. The second-order valence-electron chi connectivity index (χ2n) is 3.96. The average Bonchev–Trinajstić information content (AvgIpc) is 2.56. The summed E-state index contributed by atoms with van der Waals surface area (Å²) < 4.78 is 26.9. The molecule has 1 fully saturated rings. The Kier molecular flexibility index (Phi) is 1.33. The van der Waals surface area contributed by atoms with Gasteiger partial charge in [0.1, 0.15) is 12.3 Å². The molecule has 2 aliphatic carbocycles. The van der Waals surface area contributed by atoms with Crippen molar-refractivity contribution in [3.8, 4) is 0 Å². The fourth-order valence-corrected chi connectivity index (χ4v) is 2.79. The Morgan fingerprint density at radius 3 is 2.54 bits per heavy atom. The number of fused-ring (bicyclic) bond motifs is 5. The number of halogens is 2. The van der Waals surface area contributed by atoms with Crippen LogP contribution in [0.3, 0.4) is 0 Å². The molecule has 0 unspecified atom stereocenters. The summed E-state index contributed by atoms with van der Waals surface area (Å²) in [6, 6.07) is 7.55. The number of alkyl halides is 2. The zero-order valence-corrected chi connectivity index (χ0v) is 7.08. The predicted octanol–water partition coefficient (Wildman–Crippen LogP) is 2.95. The molecule has 0 heterocycles. The maximum Gasteiger partial charge on any atom is 0.117 e. The fraction of sp³-hybridized carbons (Fsp3) is 0.455. The van der Waals surface area contributed by atoms with Crippen LogP contribution in [-0.2, 0) is 0 Å². The minimum absolute atomic E-state index is 0.170. The van der Waals surface area contributed by atoms with Crippen molar-refractivity contribution in [2.24, 2.45) is 0 Å². The minimum atomic E-state index is -0.979. The summed E-state index contributed by atoms with van der Waals surface area (Å²) in [4.78, 5) is 0. The first-order valence-corrected chi connectivity index (χ1v) is 4.66. The van der Waals surface area contributed by atoms with Gasteiger partial charge in [-0.2, -0.15) is 0 Å². The number of hydrogen-bond acceptors (Lipinski definition) is 0. The summed E-state index contributed by atoms with van der Waals surface area (Å²) in [7, 11) is 0. The molecule has 4 atom stereocenters. The molecule has 1 aromatic carbocycles. The number of benzene rings is 1. The highest BCUT2D eigenvalue weighted by Gasteiger charge is 2.52. The van der Waals surface area contributed by atoms with E-state index in [1.807, 2.05) is 24.3 Å². The Balaban J connectivity index is 2.18. The Hall–Kier alpha value is -0.920. The van der Waals surface area contributed by atoms with Crippen molar-refractivity contribution in [2.45, 2.75) is 30.6 Å². The van der Waals surface area contributed by atoms with Crippen LogP contribution in [0, 0.1) is 0 Å². The second-order valence-corrected chi connectivity index (χ2v) is 3.96. The first kappa shape index (κ1) is 7.48. The van der Waals surface area contributed by atoms with Gasteiger partial charge in [-0.05, 0) is 17.5 Å². The van der Waals surface area contributed by atoms with Crippen molar-refractivity contribution < 1.29 is 8.78 Å². The number of hydrogen-bond donors (Lipinski definition) is 0. The van der Waals surface area contributed by atoms with E-state index < -0.39 is 18.3 Å². The van der Waals surface area contributed by atoms with E-state index in [-0.39, 0.29) is 5.92 Å². The quantitative estimate of drug-likeness (QED) is 0.575. The molecule has 3 rings (SSSR count). The fourth-order valence-electron chi connectivity index (χ4n) is 2.79. The molecular weight excluding hydrogens is 170 g/mol. The lowest BCUT2D eigenvalue weighted by molar-refractivity contribution is 0.255. The molecule has 0 N–H and O–H groups in total. The van der Waals surface area contributed by atoms with Gasteiger partial charge in [-0.15, -0.1) is 0 Å². The van der Waals surface area contributed by atoms with Gasteiger partial charge in [-0.25, -0.2) is 8.78 Å². The van der Waals surface area contributed by atoms with Gasteiger partial charge in [-0.3, -0.25) is 0 Å². The molecule has 0 spiro atoms. The summed E-state index contributed by atoms with van der Waals surface area (Å²) in [6.07, 6.45) is -1.56. The highest BCUT2D eigenvalue weighted by atomic mass is 19.1. The molecule has 1 saturated carbocycles. The first-order valence-electron chi connectivity index (χ1n) is 4.66. The Labute approximate surface area is 75.6 Å². The van der Waals surface area contributed by atoms with E-state index in [1.165, 1.54) is 0 Å². The summed E-state index contributed by atoms with van der Waals surface area (Å²) in [5, 5.41) is 0. The summed E-state index contributed by atoms with van der Waals surface area (Å²) >= 11 is 0. The van der Waals surface area contributed by atoms with E-state index in [0.717, 1.165) is 11.1 Å². The third kappa shape index (κ3) is 0.787. The summed E-state index contributed by atoms with van der Waals surface area (Å²) in [5.41, 5.74) is 1.94.